The molecule has 100 valence electrons. The normalized spacial score (nSPS) is 22.1. The number of carbonyl (C=O) groups is 1. The van der Waals surface area contributed by atoms with E-state index in [1.807, 2.05) is 0 Å². The van der Waals surface area contributed by atoms with E-state index in [0.717, 1.165) is 32.6 Å². The Hall–Kier alpha value is -0.610. The third-order valence-corrected chi connectivity index (χ3v) is 3.47. The second-order valence-corrected chi connectivity index (χ2v) is 4.87. The molecule has 17 heavy (non-hydrogen) atoms. The summed E-state index contributed by atoms with van der Waals surface area (Å²) in [5, 5.41) is 9.53. The molecule has 1 aliphatic rings. The maximum atomic E-state index is 11.9. The van der Waals surface area contributed by atoms with E-state index in [2.05, 4.69) is 29.8 Å². The van der Waals surface area contributed by atoms with E-state index in [1.165, 1.54) is 19.3 Å². The van der Waals surface area contributed by atoms with Gasteiger partial charge >= 0.3 is 0 Å². The number of unbranched alkanes of at least 4 members (excludes halogenated alkanes) is 1. The van der Waals surface area contributed by atoms with E-state index in [1.54, 1.807) is 0 Å². The summed E-state index contributed by atoms with van der Waals surface area (Å²) in [6, 6.07) is -0.0487. The summed E-state index contributed by atoms with van der Waals surface area (Å²) in [6.45, 7) is 7.82. The molecule has 1 rings (SSSR count). The van der Waals surface area contributed by atoms with E-state index in [0.29, 0.717) is 5.92 Å². The molecule has 2 unspecified atom stereocenters. The summed E-state index contributed by atoms with van der Waals surface area (Å²) >= 11 is 0. The number of hydrogen-bond donors (Lipinski definition) is 3. The largest absolute Gasteiger partial charge is 0.354 e. The molecule has 1 fully saturated rings. The van der Waals surface area contributed by atoms with Crippen molar-refractivity contribution in [2.75, 3.05) is 26.2 Å². The van der Waals surface area contributed by atoms with Crippen molar-refractivity contribution in [2.45, 2.75) is 45.6 Å². The average Bonchev–Trinajstić information content (AvgIpc) is 2.39. The first-order valence-electron chi connectivity index (χ1n) is 6.99. The Morgan fingerprint density at radius 3 is 2.82 bits per heavy atom. The molecule has 1 saturated heterocycles. The lowest BCUT2D eigenvalue weighted by atomic mass is 9.99. The van der Waals surface area contributed by atoms with Crippen LogP contribution in [0.2, 0.25) is 0 Å². The molecule has 0 aromatic heterocycles. The summed E-state index contributed by atoms with van der Waals surface area (Å²) in [4.78, 5) is 11.9. The van der Waals surface area contributed by atoms with Crippen LogP contribution < -0.4 is 16.0 Å². The van der Waals surface area contributed by atoms with E-state index in [9.17, 15) is 4.79 Å². The van der Waals surface area contributed by atoms with Gasteiger partial charge in [-0.3, -0.25) is 4.79 Å². The van der Waals surface area contributed by atoms with Crippen LogP contribution in [0.15, 0.2) is 0 Å². The van der Waals surface area contributed by atoms with Crippen LogP contribution in [-0.4, -0.2) is 38.1 Å². The van der Waals surface area contributed by atoms with Crippen molar-refractivity contribution >= 4 is 5.91 Å². The van der Waals surface area contributed by atoms with Crippen molar-refractivity contribution in [3.05, 3.63) is 0 Å². The highest BCUT2D eigenvalue weighted by Crippen LogP contribution is 2.11. The van der Waals surface area contributed by atoms with Crippen molar-refractivity contribution in [3.8, 4) is 0 Å². The van der Waals surface area contributed by atoms with Gasteiger partial charge in [0.15, 0.2) is 0 Å². The molecular weight excluding hydrogens is 214 g/mol. The summed E-state index contributed by atoms with van der Waals surface area (Å²) < 4.78 is 0. The third kappa shape index (κ3) is 5.50. The average molecular weight is 241 g/mol. The van der Waals surface area contributed by atoms with Crippen molar-refractivity contribution < 1.29 is 4.79 Å². The number of hydrogen-bond acceptors (Lipinski definition) is 3. The maximum absolute atomic E-state index is 11.9. The Kier molecular flexibility index (Phi) is 7.21. The van der Waals surface area contributed by atoms with Crippen LogP contribution in [0, 0.1) is 5.92 Å². The van der Waals surface area contributed by atoms with Crippen molar-refractivity contribution in [1.29, 1.82) is 0 Å². The zero-order chi connectivity index (χ0) is 12.5. The summed E-state index contributed by atoms with van der Waals surface area (Å²) in [7, 11) is 0. The first-order valence-corrected chi connectivity index (χ1v) is 6.99. The molecule has 0 bridgehead atoms. The van der Waals surface area contributed by atoms with Crippen LogP contribution in [0.25, 0.3) is 0 Å². The van der Waals surface area contributed by atoms with Gasteiger partial charge in [0.05, 0.1) is 6.04 Å². The van der Waals surface area contributed by atoms with Crippen molar-refractivity contribution in [3.63, 3.8) is 0 Å². The van der Waals surface area contributed by atoms with Crippen LogP contribution in [0.5, 0.6) is 0 Å². The van der Waals surface area contributed by atoms with Gasteiger partial charge in [-0.2, -0.15) is 0 Å². The minimum atomic E-state index is -0.0487. The predicted octanol–water partition coefficient (Wildman–Crippen LogP) is 0.880. The molecular formula is C13H27N3O. The minimum absolute atomic E-state index is 0.0487. The van der Waals surface area contributed by atoms with Gasteiger partial charge in [0, 0.05) is 26.2 Å². The van der Waals surface area contributed by atoms with Crippen LogP contribution in [0.4, 0.5) is 0 Å². The molecule has 4 heteroatoms. The van der Waals surface area contributed by atoms with Gasteiger partial charge in [0.2, 0.25) is 5.91 Å². The smallest absolute Gasteiger partial charge is 0.238 e. The van der Waals surface area contributed by atoms with Crippen LogP contribution >= 0.6 is 0 Å². The standard InChI is InChI=1S/C13H27N3O/c1-3-5-6-11(4-2)9-16-13(17)12-10-14-7-8-15-12/h11-12,14-15H,3-10H2,1-2H3,(H,16,17). The molecule has 3 N–H and O–H groups in total. The molecule has 1 heterocycles. The molecule has 0 spiro atoms. The molecule has 4 nitrogen and oxygen atoms in total. The topological polar surface area (TPSA) is 53.2 Å². The fourth-order valence-electron chi connectivity index (χ4n) is 2.15. The number of piperazine rings is 1. The third-order valence-electron chi connectivity index (χ3n) is 3.47. The van der Waals surface area contributed by atoms with Gasteiger partial charge in [0.1, 0.15) is 0 Å². The van der Waals surface area contributed by atoms with Gasteiger partial charge in [-0.05, 0) is 12.3 Å². The van der Waals surface area contributed by atoms with E-state index >= 15 is 0 Å². The molecule has 0 aromatic carbocycles. The molecule has 0 saturated carbocycles. The molecule has 0 aliphatic carbocycles. The predicted molar refractivity (Wildman–Crippen MR) is 71.0 cm³/mol. The minimum Gasteiger partial charge on any atom is -0.354 e. The van der Waals surface area contributed by atoms with Crippen molar-refractivity contribution in [1.82, 2.24) is 16.0 Å². The highest BCUT2D eigenvalue weighted by molar-refractivity contribution is 5.82. The molecule has 1 aliphatic heterocycles. The molecule has 1 amide bonds. The number of nitrogens with one attached hydrogen (secondary N) is 3. The lowest BCUT2D eigenvalue weighted by Crippen LogP contribution is -2.56. The second-order valence-electron chi connectivity index (χ2n) is 4.87. The maximum Gasteiger partial charge on any atom is 0.238 e. The van der Waals surface area contributed by atoms with Gasteiger partial charge in [-0.1, -0.05) is 33.1 Å². The number of amides is 1. The van der Waals surface area contributed by atoms with Crippen LogP contribution in [-0.2, 0) is 4.79 Å². The Morgan fingerprint density at radius 1 is 1.41 bits per heavy atom. The SMILES string of the molecule is CCCCC(CC)CNC(=O)C1CNCCN1. The molecule has 0 aromatic rings. The summed E-state index contributed by atoms with van der Waals surface area (Å²) in [6.07, 6.45) is 4.87. The highest BCUT2D eigenvalue weighted by Gasteiger charge is 2.20. The Bertz CT molecular complexity index is 215. The van der Waals surface area contributed by atoms with E-state index in [4.69, 9.17) is 0 Å². The van der Waals surface area contributed by atoms with Gasteiger partial charge in [-0.15, -0.1) is 0 Å². The van der Waals surface area contributed by atoms with E-state index < -0.39 is 0 Å². The fraction of sp³-hybridized carbons (Fsp3) is 0.923. The van der Waals surface area contributed by atoms with Gasteiger partial charge in [-0.25, -0.2) is 0 Å². The first kappa shape index (κ1) is 14.5. The Labute approximate surface area is 105 Å². The highest BCUT2D eigenvalue weighted by atomic mass is 16.2. The second kappa shape index (κ2) is 8.48. The van der Waals surface area contributed by atoms with Crippen LogP contribution in [0.3, 0.4) is 0 Å². The summed E-state index contributed by atoms with van der Waals surface area (Å²) in [5.74, 6) is 0.780. The van der Waals surface area contributed by atoms with Crippen molar-refractivity contribution in [2.24, 2.45) is 5.92 Å². The Morgan fingerprint density at radius 2 is 2.24 bits per heavy atom. The van der Waals surface area contributed by atoms with Crippen LogP contribution in [0.1, 0.15) is 39.5 Å². The lowest BCUT2D eigenvalue weighted by Gasteiger charge is -2.24. The fourth-order valence-corrected chi connectivity index (χ4v) is 2.15. The van der Waals surface area contributed by atoms with Gasteiger partial charge in [0.25, 0.3) is 0 Å². The van der Waals surface area contributed by atoms with Gasteiger partial charge < -0.3 is 16.0 Å². The Balaban J connectivity index is 2.20. The molecule has 0 radical (unpaired) electrons. The number of rotatable bonds is 7. The quantitative estimate of drug-likeness (QED) is 0.620. The van der Waals surface area contributed by atoms with E-state index in [-0.39, 0.29) is 11.9 Å². The monoisotopic (exact) mass is 241 g/mol. The zero-order valence-electron chi connectivity index (χ0n) is 11.2. The summed E-state index contributed by atoms with van der Waals surface area (Å²) in [5.41, 5.74) is 0. The molecule has 2 atom stereocenters. The first-order chi connectivity index (χ1) is 8.27. The number of carbonyl (C=O) groups excluding carboxylic acids is 1. The zero-order valence-corrected chi connectivity index (χ0v) is 11.2. The lowest BCUT2D eigenvalue weighted by molar-refractivity contribution is -0.123.